The van der Waals surface area contributed by atoms with Crippen LogP contribution in [0.1, 0.15) is 102 Å². The zero-order valence-electron chi connectivity index (χ0n) is 17.4. The minimum atomic E-state index is 0.551. The number of nitrogens with one attached hydrogen (secondary N) is 1. The van der Waals surface area contributed by atoms with Crippen LogP contribution in [0.3, 0.4) is 0 Å². The van der Waals surface area contributed by atoms with Gasteiger partial charge in [0.25, 0.3) is 0 Å². The standard InChI is InChI=1S/C18H27N.C2H4O.C2H6/c1-10(2)14-8-15(11(3)4)18-16(9-14)13(7)17(19-18)12(5)6;1-2-3;1-2/h8-12,19H,1-7H3;2H,1H3;1-2H3. The number of carbonyl (C=O) groups is 1. The highest BCUT2D eigenvalue weighted by atomic mass is 16.1. The Morgan fingerprint density at radius 2 is 1.42 bits per heavy atom. The Morgan fingerprint density at radius 3 is 1.79 bits per heavy atom. The molecule has 136 valence electrons. The molecule has 0 atom stereocenters. The summed E-state index contributed by atoms with van der Waals surface area (Å²) in [5.41, 5.74) is 7.07. The molecule has 1 N–H and O–H groups in total. The molecule has 0 spiro atoms. The van der Waals surface area contributed by atoms with Gasteiger partial charge in [-0.3, -0.25) is 0 Å². The van der Waals surface area contributed by atoms with Crippen LogP contribution in [-0.4, -0.2) is 11.3 Å². The van der Waals surface area contributed by atoms with Crippen molar-refractivity contribution in [2.24, 2.45) is 0 Å². The molecular formula is C22H37NO. The maximum atomic E-state index is 8.81. The van der Waals surface area contributed by atoms with E-state index in [2.05, 4.69) is 65.6 Å². The Hall–Kier alpha value is -1.57. The maximum Gasteiger partial charge on any atom is 0.116 e. The zero-order chi connectivity index (χ0) is 19.0. The Labute approximate surface area is 149 Å². The van der Waals surface area contributed by atoms with E-state index in [0.717, 1.165) is 6.29 Å². The van der Waals surface area contributed by atoms with Gasteiger partial charge in [0, 0.05) is 16.6 Å². The third-order valence-corrected chi connectivity index (χ3v) is 4.12. The molecule has 0 bridgehead atoms. The number of fused-ring (bicyclic) bond motifs is 1. The highest BCUT2D eigenvalue weighted by molar-refractivity contribution is 5.88. The monoisotopic (exact) mass is 331 g/mol. The van der Waals surface area contributed by atoms with Crippen molar-refractivity contribution in [2.75, 3.05) is 0 Å². The fraction of sp³-hybridized carbons (Fsp3) is 0.591. The van der Waals surface area contributed by atoms with E-state index in [1.54, 1.807) is 0 Å². The number of rotatable bonds is 3. The molecule has 2 rings (SSSR count). The number of aromatic nitrogens is 1. The second-order valence-electron chi connectivity index (χ2n) is 6.90. The zero-order valence-corrected chi connectivity index (χ0v) is 17.4. The fourth-order valence-corrected chi connectivity index (χ4v) is 2.86. The summed E-state index contributed by atoms with van der Waals surface area (Å²) in [7, 11) is 0. The quantitative estimate of drug-likeness (QED) is 0.599. The SMILES string of the molecule is CC.CC=O.Cc1c(C(C)C)[nH]c2c(C(C)C)cc(C(C)C)cc12. The number of aromatic amines is 1. The highest BCUT2D eigenvalue weighted by Gasteiger charge is 2.16. The molecule has 0 aliphatic carbocycles. The summed E-state index contributed by atoms with van der Waals surface area (Å²) >= 11 is 0. The number of aryl methyl sites for hydroxylation is 1. The van der Waals surface area contributed by atoms with Crippen molar-refractivity contribution in [3.8, 4) is 0 Å². The van der Waals surface area contributed by atoms with E-state index < -0.39 is 0 Å². The highest BCUT2D eigenvalue weighted by Crippen LogP contribution is 2.34. The molecule has 2 aromatic rings. The lowest BCUT2D eigenvalue weighted by atomic mass is 9.92. The van der Waals surface area contributed by atoms with Crippen LogP contribution in [0.25, 0.3) is 10.9 Å². The lowest BCUT2D eigenvalue weighted by Crippen LogP contribution is -1.95. The van der Waals surface area contributed by atoms with Crippen molar-refractivity contribution < 1.29 is 4.79 Å². The van der Waals surface area contributed by atoms with Gasteiger partial charge in [-0.15, -0.1) is 0 Å². The third kappa shape index (κ3) is 5.22. The van der Waals surface area contributed by atoms with Crippen LogP contribution in [0.5, 0.6) is 0 Å². The van der Waals surface area contributed by atoms with Crippen LogP contribution in [-0.2, 0) is 4.79 Å². The molecule has 0 saturated carbocycles. The van der Waals surface area contributed by atoms with Crippen molar-refractivity contribution in [1.82, 2.24) is 4.98 Å². The van der Waals surface area contributed by atoms with Crippen LogP contribution in [0.2, 0.25) is 0 Å². The predicted molar refractivity (Wildman–Crippen MR) is 108 cm³/mol. The Balaban J connectivity index is 0.000000952. The van der Waals surface area contributed by atoms with Gasteiger partial charge in [-0.25, -0.2) is 0 Å². The van der Waals surface area contributed by atoms with Gasteiger partial charge in [-0.05, 0) is 54.4 Å². The van der Waals surface area contributed by atoms with Gasteiger partial charge in [-0.2, -0.15) is 0 Å². The fourth-order valence-electron chi connectivity index (χ4n) is 2.86. The first-order valence-corrected chi connectivity index (χ1v) is 9.30. The summed E-state index contributed by atoms with van der Waals surface area (Å²) in [6.45, 7) is 21.3. The van der Waals surface area contributed by atoms with Gasteiger partial charge in [0.15, 0.2) is 0 Å². The summed E-state index contributed by atoms with van der Waals surface area (Å²) in [5.74, 6) is 1.69. The van der Waals surface area contributed by atoms with Crippen LogP contribution in [0, 0.1) is 6.92 Å². The minimum Gasteiger partial charge on any atom is -0.358 e. The summed E-state index contributed by atoms with van der Waals surface area (Å²) < 4.78 is 0. The van der Waals surface area contributed by atoms with E-state index in [4.69, 9.17) is 4.79 Å². The molecule has 0 saturated heterocycles. The Morgan fingerprint density at radius 1 is 0.917 bits per heavy atom. The van der Waals surface area contributed by atoms with Crippen molar-refractivity contribution in [2.45, 2.75) is 87.0 Å². The second-order valence-corrected chi connectivity index (χ2v) is 6.90. The van der Waals surface area contributed by atoms with Gasteiger partial charge >= 0.3 is 0 Å². The van der Waals surface area contributed by atoms with E-state index in [0.29, 0.717) is 17.8 Å². The Kier molecular flexibility index (Phi) is 9.65. The molecule has 1 aromatic heterocycles. The molecule has 0 aliphatic heterocycles. The lowest BCUT2D eigenvalue weighted by Gasteiger charge is -2.13. The molecular weight excluding hydrogens is 294 g/mol. The van der Waals surface area contributed by atoms with Gasteiger partial charge in [-0.1, -0.05) is 61.5 Å². The number of hydrogen-bond donors (Lipinski definition) is 1. The topological polar surface area (TPSA) is 32.9 Å². The molecule has 0 amide bonds. The summed E-state index contributed by atoms with van der Waals surface area (Å²) in [4.78, 5) is 12.5. The first kappa shape index (κ1) is 22.4. The van der Waals surface area contributed by atoms with E-state index in [1.165, 1.54) is 40.2 Å². The first-order valence-electron chi connectivity index (χ1n) is 9.30. The maximum absolute atomic E-state index is 8.81. The smallest absolute Gasteiger partial charge is 0.116 e. The van der Waals surface area contributed by atoms with Gasteiger partial charge in [0.05, 0.1) is 0 Å². The molecule has 0 unspecified atom stereocenters. The first-order chi connectivity index (χ1) is 11.2. The number of benzene rings is 1. The van der Waals surface area contributed by atoms with E-state index in [9.17, 15) is 0 Å². The average molecular weight is 332 g/mol. The van der Waals surface area contributed by atoms with E-state index >= 15 is 0 Å². The number of carbonyl (C=O) groups excluding carboxylic acids is 1. The van der Waals surface area contributed by atoms with Gasteiger partial charge < -0.3 is 9.78 Å². The average Bonchev–Trinajstić information content (AvgIpc) is 2.86. The summed E-state index contributed by atoms with van der Waals surface area (Å²) in [5, 5.41) is 1.42. The van der Waals surface area contributed by atoms with Crippen molar-refractivity contribution in [3.05, 3.63) is 34.5 Å². The van der Waals surface area contributed by atoms with E-state index in [1.807, 2.05) is 13.8 Å². The molecule has 0 fully saturated rings. The molecule has 1 heterocycles. The molecule has 24 heavy (non-hydrogen) atoms. The largest absolute Gasteiger partial charge is 0.358 e. The number of H-pyrrole nitrogens is 1. The molecule has 0 aliphatic rings. The van der Waals surface area contributed by atoms with Crippen molar-refractivity contribution in [1.29, 1.82) is 0 Å². The van der Waals surface area contributed by atoms with Crippen LogP contribution in [0.4, 0.5) is 0 Å². The molecule has 2 heteroatoms. The van der Waals surface area contributed by atoms with E-state index in [-0.39, 0.29) is 0 Å². The summed E-state index contributed by atoms with van der Waals surface area (Å²) in [6.07, 6.45) is 0.750. The molecule has 2 nitrogen and oxygen atoms in total. The van der Waals surface area contributed by atoms with Crippen LogP contribution in [0.15, 0.2) is 12.1 Å². The van der Waals surface area contributed by atoms with Gasteiger partial charge in [0.2, 0.25) is 0 Å². The van der Waals surface area contributed by atoms with Crippen LogP contribution < -0.4 is 0 Å². The Bertz CT molecular complexity index is 633. The third-order valence-electron chi connectivity index (χ3n) is 4.12. The number of aldehydes is 1. The summed E-state index contributed by atoms with van der Waals surface area (Å²) in [6, 6.07) is 4.77. The lowest BCUT2D eigenvalue weighted by molar-refractivity contribution is -0.106. The number of hydrogen-bond acceptors (Lipinski definition) is 1. The normalized spacial score (nSPS) is 10.5. The van der Waals surface area contributed by atoms with Crippen LogP contribution >= 0.6 is 0 Å². The molecule has 0 radical (unpaired) electrons. The predicted octanol–water partition coefficient (Wildman–Crippen LogP) is 7.08. The molecule has 1 aromatic carbocycles. The van der Waals surface area contributed by atoms with Crippen molar-refractivity contribution in [3.63, 3.8) is 0 Å². The minimum absolute atomic E-state index is 0.551. The second kappa shape index (κ2) is 10.3. The van der Waals surface area contributed by atoms with Gasteiger partial charge in [0.1, 0.15) is 6.29 Å². The van der Waals surface area contributed by atoms with Crippen molar-refractivity contribution >= 4 is 17.2 Å².